The summed E-state index contributed by atoms with van der Waals surface area (Å²) in [5.41, 5.74) is 1.83. The number of ether oxygens (including phenoxy) is 2. The number of fused-ring (bicyclic) bond motifs is 1. The summed E-state index contributed by atoms with van der Waals surface area (Å²) in [4.78, 5) is 23.9. The van der Waals surface area contributed by atoms with Crippen molar-refractivity contribution in [2.45, 2.75) is 13.0 Å². The van der Waals surface area contributed by atoms with Crippen LogP contribution in [0.3, 0.4) is 0 Å². The van der Waals surface area contributed by atoms with Crippen molar-refractivity contribution in [3.63, 3.8) is 0 Å². The Morgan fingerprint density at radius 1 is 1.06 bits per heavy atom. The Morgan fingerprint density at radius 3 is 2.35 bits per heavy atom. The number of aliphatic imine (C=N–C) groups is 2. The van der Waals surface area contributed by atoms with Crippen LogP contribution in [-0.2, 0) is 0 Å². The highest BCUT2D eigenvalue weighted by atomic mass is 19.1. The Labute approximate surface area is 177 Å². The Bertz CT molecular complexity index is 1100. The van der Waals surface area contributed by atoms with Gasteiger partial charge in [0, 0.05) is 24.9 Å². The van der Waals surface area contributed by atoms with Gasteiger partial charge in [-0.05, 0) is 36.2 Å². The largest absolute Gasteiger partial charge is 0.493 e. The number of benzene rings is 2. The van der Waals surface area contributed by atoms with Crippen LogP contribution in [0.4, 0.5) is 19.3 Å². The van der Waals surface area contributed by atoms with Gasteiger partial charge in [-0.2, -0.15) is 4.99 Å². The molecule has 2 aliphatic heterocycles. The quantitative estimate of drug-likeness (QED) is 0.805. The molecule has 4 rings (SSSR count). The first-order valence-electron chi connectivity index (χ1n) is 9.48. The second-order valence-corrected chi connectivity index (χ2v) is 7.15. The van der Waals surface area contributed by atoms with Gasteiger partial charge >= 0.3 is 6.03 Å². The van der Waals surface area contributed by atoms with Crippen molar-refractivity contribution >= 4 is 23.6 Å². The van der Waals surface area contributed by atoms with Crippen LogP contribution in [-0.4, -0.2) is 55.6 Å². The number of carbonyl (C=O) groups excluding carboxylic acids is 1. The van der Waals surface area contributed by atoms with Gasteiger partial charge < -0.3 is 14.8 Å². The Hall–Kier alpha value is -3.69. The van der Waals surface area contributed by atoms with Gasteiger partial charge in [0.25, 0.3) is 0 Å². The lowest BCUT2D eigenvalue weighted by atomic mass is 10.1. The minimum absolute atomic E-state index is 0.198. The van der Waals surface area contributed by atoms with E-state index in [-0.39, 0.29) is 12.5 Å². The zero-order valence-corrected chi connectivity index (χ0v) is 17.4. The van der Waals surface area contributed by atoms with Crippen LogP contribution in [0.1, 0.15) is 17.2 Å². The van der Waals surface area contributed by atoms with Crippen LogP contribution in [0.15, 0.2) is 40.3 Å². The van der Waals surface area contributed by atoms with Crippen molar-refractivity contribution < 1.29 is 23.0 Å². The van der Waals surface area contributed by atoms with Crippen molar-refractivity contribution in [3.05, 3.63) is 53.1 Å². The molecule has 162 valence electrons. The fourth-order valence-corrected chi connectivity index (χ4v) is 3.63. The number of halogens is 2. The molecule has 31 heavy (non-hydrogen) atoms. The number of guanidine groups is 2. The molecule has 1 atom stereocenters. The van der Waals surface area contributed by atoms with E-state index in [4.69, 9.17) is 9.47 Å². The monoisotopic (exact) mass is 429 g/mol. The second-order valence-electron chi connectivity index (χ2n) is 7.15. The summed E-state index contributed by atoms with van der Waals surface area (Å²) >= 11 is 0. The lowest BCUT2D eigenvalue weighted by molar-refractivity contribution is 0.230. The number of aryl methyl sites for hydroxylation is 1. The molecule has 0 fully saturated rings. The summed E-state index contributed by atoms with van der Waals surface area (Å²) < 4.78 is 38.4. The molecule has 0 radical (unpaired) electrons. The number of nitrogens with one attached hydrogen (secondary N) is 1. The van der Waals surface area contributed by atoms with Gasteiger partial charge in [-0.3, -0.25) is 9.80 Å². The van der Waals surface area contributed by atoms with Crippen LogP contribution in [0.25, 0.3) is 0 Å². The summed E-state index contributed by atoms with van der Waals surface area (Å²) in [5, 5.41) is 3.15. The normalized spacial score (nSPS) is 17.9. The highest BCUT2D eigenvalue weighted by molar-refractivity contribution is 6.17. The second kappa shape index (κ2) is 7.86. The molecule has 2 heterocycles. The van der Waals surface area contributed by atoms with Gasteiger partial charge in [-0.15, -0.1) is 0 Å². The van der Waals surface area contributed by atoms with Gasteiger partial charge in [-0.25, -0.2) is 18.6 Å². The molecule has 2 amide bonds. The summed E-state index contributed by atoms with van der Waals surface area (Å²) in [6.45, 7) is 2.07. The summed E-state index contributed by atoms with van der Waals surface area (Å²) in [5.74, 6) is 0.219. The standard InChI is InChI=1S/C21H21F2N5O3/c1-11-5-17(30-3)18(31-4)9-15(11)25-19-26-21(29)27(2)20-24-10-16(28(19)20)12-6-13(22)8-14(23)7-12/h5-9,16H,10H2,1-4H3,(H,25,26,29). The van der Waals surface area contributed by atoms with Crippen LogP contribution in [0, 0.1) is 18.6 Å². The Morgan fingerprint density at radius 2 is 1.71 bits per heavy atom. The lowest BCUT2D eigenvalue weighted by Gasteiger charge is -2.35. The molecular weight excluding hydrogens is 408 g/mol. The molecule has 0 aromatic heterocycles. The first-order chi connectivity index (χ1) is 14.8. The molecule has 0 spiro atoms. The lowest BCUT2D eigenvalue weighted by Crippen LogP contribution is -2.53. The summed E-state index contributed by atoms with van der Waals surface area (Å²) in [6.07, 6.45) is 0. The molecule has 1 unspecified atom stereocenters. The van der Waals surface area contributed by atoms with Crippen LogP contribution in [0.5, 0.6) is 11.5 Å². The maximum absolute atomic E-state index is 13.9. The maximum Gasteiger partial charge on any atom is 0.353 e. The molecule has 2 aliphatic rings. The van der Waals surface area contributed by atoms with Crippen LogP contribution in [0.2, 0.25) is 0 Å². The van der Waals surface area contributed by atoms with E-state index in [9.17, 15) is 13.6 Å². The molecule has 2 aromatic carbocycles. The van der Waals surface area contributed by atoms with E-state index in [1.165, 1.54) is 24.1 Å². The smallest absolute Gasteiger partial charge is 0.353 e. The summed E-state index contributed by atoms with van der Waals surface area (Å²) in [7, 11) is 4.61. The van der Waals surface area contributed by atoms with Crippen LogP contribution >= 0.6 is 0 Å². The number of rotatable bonds is 4. The van der Waals surface area contributed by atoms with E-state index < -0.39 is 23.7 Å². The molecular formula is C21H21F2N5O3. The molecule has 0 saturated carbocycles. The number of methoxy groups -OCH3 is 2. The molecule has 8 nitrogen and oxygen atoms in total. The molecule has 1 N–H and O–H groups in total. The topological polar surface area (TPSA) is 78.8 Å². The van der Waals surface area contributed by atoms with Crippen molar-refractivity contribution in [2.75, 3.05) is 33.1 Å². The number of hydrogen-bond donors (Lipinski definition) is 1. The van der Waals surface area contributed by atoms with Crippen molar-refractivity contribution in [1.82, 2.24) is 9.80 Å². The van der Waals surface area contributed by atoms with Gasteiger partial charge in [0.15, 0.2) is 11.5 Å². The van der Waals surface area contributed by atoms with Gasteiger partial charge in [0.2, 0.25) is 11.9 Å². The fraction of sp³-hybridized carbons (Fsp3) is 0.286. The summed E-state index contributed by atoms with van der Waals surface area (Å²) in [6, 6.07) is 5.78. The van der Waals surface area contributed by atoms with Gasteiger partial charge in [-0.1, -0.05) is 0 Å². The average Bonchev–Trinajstić information content (AvgIpc) is 3.18. The van der Waals surface area contributed by atoms with E-state index in [1.54, 1.807) is 31.2 Å². The number of carbonyl (C=O) groups is 1. The number of urea groups is 1. The van der Waals surface area contributed by atoms with Crippen molar-refractivity contribution in [1.29, 1.82) is 0 Å². The van der Waals surface area contributed by atoms with Gasteiger partial charge in [0.1, 0.15) is 11.6 Å². The third-order valence-electron chi connectivity index (χ3n) is 5.20. The van der Waals surface area contributed by atoms with E-state index in [0.717, 1.165) is 11.6 Å². The molecule has 10 heteroatoms. The fourth-order valence-electron chi connectivity index (χ4n) is 3.63. The highest BCUT2D eigenvalue weighted by Gasteiger charge is 2.40. The third kappa shape index (κ3) is 3.65. The SMILES string of the molecule is COc1cc(C)c(NC2=NC(=O)N(C)C3=NCC(c4cc(F)cc(F)c4)N23)cc1OC. The number of nitrogens with zero attached hydrogens (tertiary/aromatic N) is 4. The zero-order valence-electron chi connectivity index (χ0n) is 17.4. The third-order valence-corrected chi connectivity index (χ3v) is 5.20. The van der Waals surface area contributed by atoms with Crippen LogP contribution < -0.4 is 14.8 Å². The first kappa shape index (κ1) is 20.6. The zero-order chi connectivity index (χ0) is 22.3. The van der Waals surface area contributed by atoms with Gasteiger partial charge in [0.05, 0.1) is 26.8 Å². The minimum Gasteiger partial charge on any atom is -0.493 e. The average molecular weight is 429 g/mol. The first-order valence-corrected chi connectivity index (χ1v) is 9.48. The van der Waals surface area contributed by atoms with E-state index >= 15 is 0 Å². The highest BCUT2D eigenvalue weighted by Crippen LogP contribution is 2.35. The molecule has 0 aliphatic carbocycles. The predicted molar refractivity (Wildman–Crippen MR) is 112 cm³/mol. The minimum atomic E-state index is -0.688. The molecule has 0 bridgehead atoms. The van der Waals surface area contributed by atoms with E-state index in [2.05, 4.69) is 15.3 Å². The number of amides is 2. The Kier molecular flexibility index (Phi) is 5.22. The van der Waals surface area contributed by atoms with Crippen molar-refractivity contribution in [2.24, 2.45) is 9.98 Å². The Balaban J connectivity index is 1.75. The number of anilines is 1. The van der Waals surface area contributed by atoms with E-state index in [1.807, 2.05) is 6.92 Å². The number of hydrogen-bond acceptors (Lipinski definition) is 6. The van der Waals surface area contributed by atoms with Crippen molar-refractivity contribution in [3.8, 4) is 11.5 Å². The molecule has 0 saturated heterocycles. The predicted octanol–water partition coefficient (Wildman–Crippen LogP) is 3.54. The van der Waals surface area contributed by atoms with E-state index in [0.29, 0.717) is 28.7 Å². The maximum atomic E-state index is 13.9. The molecule has 2 aromatic rings.